The Bertz CT molecular complexity index is 405. The van der Waals surface area contributed by atoms with E-state index < -0.39 is 5.54 Å². The molecule has 1 unspecified atom stereocenters. The molecule has 0 bridgehead atoms. The van der Waals surface area contributed by atoms with Gasteiger partial charge >= 0.3 is 5.97 Å². The zero-order valence-corrected chi connectivity index (χ0v) is 11.3. The summed E-state index contributed by atoms with van der Waals surface area (Å²) < 4.78 is 6.73. The molecule has 0 amide bonds. The van der Waals surface area contributed by atoms with E-state index in [0.717, 1.165) is 5.69 Å². The summed E-state index contributed by atoms with van der Waals surface area (Å²) in [6.07, 6.45) is 1.57. The molecule has 1 aromatic heterocycles. The fourth-order valence-corrected chi connectivity index (χ4v) is 1.56. The van der Waals surface area contributed by atoms with Gasteiger partial charge in [-0.05, 0) is 27.8 Å². The summed E-state index contributed by atoms with van der Waals surface area (Å²) in [4.78, 5) is 11.9. The molecule has 1 aromatic rings. The Labute approximate surface area is 106 Å². The van der Waals surface area contributed by atoms with E-state index >= 15 is 0 Å². The second-order valence-electron chi connectivity index (χ2n) is 4.04. The lowest BCUT2D eigenvalue weighted by Gasteiger charge is -2.27. The first-order chi connectivity index (χ1) is 7.94. The number of hydrogen-bond acceptors (Lipinski definition) is 4. The van der Waals surface area contributed by atoms with Gasteiger partial charge in [0.25, 0.3) is 0 Å². The molecule has 0 saturated carbocycles. The minimum atomic E-state index is -0.809. The largest absolute Gasteiger partial charge is 0.465 e. The summed E-state index contributed by atoms with van der Waals surface area (Å²) in [5, 5.41) is 7.69. The summed E-state index contributed by atoms with van der Waals surface area (Å²) in [6.45, 7) is 6.15. The van der Waals surface area contributed by atoms with E-state index in [0.29, 0.717) is 18.2 Å². The molecule has 0 radical (unpaired) electrons. The van der Waals surface area contributed by atoms with Crippen molar-refractivity contribution in [1.29, 1.82) is 0 Å². The normalized spacial score (nSPS) is 14.4. The monoisotopic (exact) mass is 259 g/mol. The van der Waals surface area contributed by atoms with E-state index in [1.807, 2.05) is 6.92 Å². The predicted octanol–water partition coefficient (Wildman–Crippen LogP) is 1.39. The Morgan fingerprint density at radius 3 is 2.76 bits per heavy atom. The van der Waals surface area contributed by atoms with Gasteiger partial charge in [-0.25, -0.2) is 4.79 Å². The highest BCUT2D eigenvalue weighted by atomic mass is 35.5. The summed E-state index contributed by atoms with van der Waals surface area (Å²) >= 11 is 5.92. The Balaban J connectivity index is 2.89. The fraction of sp³-hybridized carbons (Fsp3) is 0.636. The van der Waals surface area contributed by atoms with Crippen LogP contribution in [0.3, 0.4) is 0 Å². The minimum absolute atomic E-state index is 0.298. The van der Waals surface area contributed by atoms with E-state index in [1.54, 1.807) is 31.8 Å². The number of carbonyl (C=O) groups is 1. The number of esters is 1. The third-order valence-electron chi connectivity index (χ3n) is 2.79. The number of carbonyl (C=O) groups excluding carboxylic acids is 1. The second kappa shape index (κ2) is 5.51. The van der Waals surface area contributed by atoms with Gasteiger partial charge in [0, 0.05) is 0 Å². The molecular weight excluding hydrogens is 242 g/mol. The molecule has 6 heteroatoms. The summed E-state index contributed by atoms with van der Waals surface area (Å²) in [7, 11) is 1.72. The molecule has 0 aliphatic rings. The number of aromatic nitrogens is 2. The predicted molar refractivity (Wildman–Crippen MR) is 66.1 cm³/mol. The molecule has 0 fully saturated rings. The van der Waals surface area contributed by atoms with Crippen LogP contribution in [0, 0.1) is 6.92 Å². The van der Waals surface area contributed by atoms with Crippen molar-refractivity contribution in [3.8, 4) is 0 Å². The van der Waals surface area contributed by atoms with Gasteiger partial charge in [0.1, 0.15) is 5.54 Å². The van der Waals surface area contributed by atoms with Crippen LogP contribution >= 0.6 is 11.6 Å². The van der Waals surface area contributed by atoms with E-state index in [9.17, 15) is 4.79 Å². The molecule has 0 aliphatic heterocycles. The molecule has 1 heterocycles. The van der Waals surface area contributed by atoms with Crippen molar-refractivity contribution in [1.82, 2.24) is 15.1 Å². The Hall–Kier alpha value is -1.07. The lowest BCUT2D eigenvalue weighted by molar-refractivity contribution is -0.151. The van der Waals surface area contributed by atoms with Crippen LogP contribution in [0.1, 0.15) is 19.5 Å². The third-order valence-corrected chi connectivity index (χ3v) is 3.16. The number of halogens is 1. The number of rotatable bonds is 5. The molecule has 96 valence electrons. The van der Waals surface area contributed by atoms with Crippen LogP contribution in [0.15, 0.2) is 6.20 Å². The van der Waals surface area contributed by atoms with Crippen LogP contribution in [-0.2, 0) is 16.1 Å². The maximum absolute atomic E-state index is 11.9. The summed E-state index contributed by atoms with van der Waals surface area (Å²) in [5.41, 5.74) is 0.0216. The zero-order chi connectivity index (χ0) is 13.1. The van der Waals surface area contributed by atoms with Crippen LogP contribution in [0.2, 0.25) is 5.02 Å². The number of nitrogens with one attached hydrogen (secondary N) is 1. The SMILES string of the molecule is CCOC(=O)C(C)(Cn1ncc(Cl)c1C)NC. The van der Waals surface area contributed by atoms with Crippen molar-refractivity contribution < 1.29 is 9.53 Å². The summed E-state index contributed by atoms with van der Waals surface area (Å²) in [5.74, 6) is -0.298. The van der Waals surface area contributed by atoms with E-state index in [1.165, 1.54) is 0 Å². The molecule has 1 rings (SSSR count). The Morgan fingerprint density at radius 1 is 1.71 bits per heavy atom. The standard InChI is InChI=1S/C11H18ClN3O2/c1-5-17-10(16)11(3,13-4)7-15-8(2)9(12)6-14-15/h6,13H,5,7H2,1-4H3. The number of ether oxygens (including phenoxy) is 1. The Morgan fingerprint density at radius 2 is 2.35 bits per heavy atom. The van der Waals surface area contributed by atoms with Crippen molar-refractivity contribution in [3.63, 3.8) is 0 Å². The van der Waals surface area contributed by atoms with Crippen molar-refractivity contribution in [2.24, 2.45) is 0 Å². The molecule has 1 N–H and O–H groups in total. The topological polar surface area (TPSA) is 56.2 Å². The minimum Gasteiger partial charge on any atom is -0.465 e. The van der Waals surface area contributed by atoms with Gasteiger partial charge in [-0.15, -0.1) is 0 Å². The molecular formula is C11H18ClN3O2. The first-order valence-electron chi connectivity index (χ1n) is 5.48. The molecule has 0 saturated heterocycles. The first-order valence-corrected chi connectivity index (χ1v) is 5.86. The smallest absolute Gasteiger partial charge is 0.327 e. The average molecular weight is 260 g/mol. The van der Waals surface area contributed by atoms with Crippen molar-refractivity contribution in [3.05, 3.63) is 16.9 Å². The van der Waals surface area contributed by atoms with Gasteiger partial charge in [-0.3, -0.25) is 4.68 Å². The highest BCUT2D eigenvalue weighted by molar-refractivity contribution is 6.31. The van der Waals surface area contributed by atoms with Gasteiger partial charge in [-0.2, -0.15) is 5.10 Å². The lowest BCUT2D eigenvalue weighted by atomic mass is 10.0. The van der Waals surface area contributed by atoms with E-state index in [2.05, 4.69) is 10.4 Å². The second-order valence-corrected chi connectivity index (χ2v) is 4.45. The Kier molecular flexibility index (Phi) is 4.54. The highest BCUT2D eigenvalue weighted by Gasteiger charge is 2.34. The average Bonchev–Trinajstić information content (AvgIpc) is 2.61. The van der Waals surface area contributed by atoms with E-state index in [4.69, 9.17) is 16.3 Å². The van der Waals surface area contributed by atoms with Crippen molar-refractivity contribution in [2.75, 3.05) is 13.7 Å². The van der Waals surface area contributed by atoms with Crippen LogP contribution in [0.25, 0.3) is 0 Å². The van der Waals surface area contributed by atoms with Crippen LogP contribution < -0.4 is 5.32 Å². The van der Waals surface area contributed by atoms with Crippen LogP contribution in [0.4, 0.5) is 0 Å². The zero-order valence-electron chi connectivity index (χ0n) is 10.6. The summed E-state index contributed by atoms with van der Waals surface area (Å²) in [6, 6.07) is 0. The molecule has 1 atom stereocenters. The first kappa shape index (κ1) is 14.0. The number of likely N-dealkylation sites (N-methyl/N-ethyl adjacent to an activating group) is 1. The molecule has 0 aromatic carbocycles. The van der Waals surface area contributed by atoms with E-state index in [-0.39, 0.29) is 5.97 Å². The molecule has 0 spiro atoms. The quantitative estimate of drug-likeness (QED) is 0.812. The highest BCUT2D eigenvalue weighted by Crippen LogP contribution is 2.17. The maximum Gasteiger partial charge on any atom is 0.327 e. The molecule has 0 aliphatic carbocycles. The van der Waals surface area contributed by atoms with Gasteiger partial charge in [0.15, 0.2) is 0 Å². The van der Waals surface area contributed by atoms with Crippen molar-refractivity contribution in [2.45, 2.75) is 32.9 Å². The van der Waals surface area contributed by atoms with Crippen molar-refractivity contribution >= 4 is 17.6 Å². The fourth-order valence-electron chi connectivity index (χ4n) is 1.42. The number of nitrogens with zero attached hydrogens (tertiary/aromatic N) is 2. The maximum atomic E-state index is 11.9. The van der Waals surface area contributed by atoms with Gasteiger partial charge in [0.2, 0.25) is 0 Å². The molecule has 17 heavy (non-hydrogen) atoms. The van der Waals surface area contributed by atoms with Gasteiger partial charge < -0.3 is 10.1 Å². The third kappa shape index (κ3) is 2.98. The van der Waals surface area contributed by atoms with Gasteiger partial charge in [0.05, 0.1) is 30.1 Å². The van der Waals surface area contributed by atoms with Gasteiger partial charge in [-0.1, -0.05) is 11.6 Å². The van der Waals surface area contributed by atoms with Crippen LogP contribution in [-0.4, -0.2) is 34.9 Å². The van der Waals surface area contributed by atoms with Crippen LogP contribution in [0.5, 0.6) is 0 Å². The number of hydrogen-bond donors (Lipinski definition) is 1. The lowest BCUT2D eigenvalue weighted by Crippen LogP contribution is -2.52. The molecule has 5 nitrogen and oxygen atoms in total.